The lowest BCUT2D eigenvalue weighted by molar-refractivity contribution is -0.140. The van der Waals surface area contributed by atoms with E-state index in [2.05, 4.69) is 0 Å². The Morgan fingerprint density at radius 3 is 1.46 bits per heavy atom. The van der Waals surface area contributed by atoms with Crippen LogP contribution in [-0.4, -0.2) is 47.4 Å². The molecule has 0 radical (unpaired) electrons. The number of aliphatic carboxylic acids is 2. The first-order valence-electron chi connectivity index (χ1n) is 11.5. The molecule has 0 aliphatic carbocycles. The van der Waals surface area contributed by atoms with E-state index in [4.69, 9.17) is 20.9 Å². The maximum absolute atomic E-state index is 11.2. The average molecular weight is 619 g/mol. The molecule has 8 nitrogen and oxygen atoms in total. The van der Waals surface area contributed by atoms with Gasteiger partial charge in [0.15, 0.2) is 0 Å². The molecule has 5 rings (SSSR count). The second-order valence-electron chi connectivity index (χ2n) is 8.24. The Bertz CT molecular complexity index is 1450. The van der Waals surface area contributed by atoms with Crippen molar-refractivity contribution in [2.45, 2.75) is 12.1 Å². The number of thiophene rings is 5. The molecule has 202 valence electrons. The van der Waals surface area contributed by atoms with Crippen molar-refractivity contribution in [3.8, 4) is 50.5 Å². The van der Waals surface area contributed by atoms with E-state index in [9.17, 15) is 19.8 Å². The molecule has 0 unspecified atom stereocenters. The Morgan fingerprint density at radius 1 is 0.667 bits per heavy atom. The van der Waals surface area contributed by atoms with E-state index >= 15 is 0 Å². The lowest BCUT2D eigenvalue weighted by Gasteiger charge is -2.09. The van der Waals surface area contributed by atoms with Gasteiger partial charge in [0.2, 0.25) is 0 Å². The molecule has 13 heteroatoms. The van der Waals surface area contributed by atoms with Crippen molar-refractivity contribution in [1.29, 1.82) is 0 Å². The number of rotatable bonds is 12. The fraction of sp³-hybridized carbons (Fsp3) is 0.154. The van der Waals surface area contributed by atoms with Crippen LogP contribution >= 0.6 is 56.7 Å². The molecule has 0 aliphatic heterocycles. The molecule has 0 aliphatic rings. The Labute approximate surface area is 243 Å². The van der Waals surface area contributed by atoms with Gasteiger partial charge >= 0.3 is 11.9 Å². The molecular formula is C26H22N2O6S5. The van der Waals surface area contributed by atoms with Crippen LogP contribution in [-0.2, 0) is 9.59 Å². The molecule has 5 aromatic heterocycles. The Hall–Kier alpha value is -3.04. The van der Waals surface area contributed by atoms with E-state index < -0.39 is 24.0 Å². The molecule has 0 amide bonds. The summed E-state index contributed by atoms with van der Waals surface area (Å²) in [5, 5.41) is 22.4. The number of ether oxygens (including phenoxy) is 2. The number of carbonyl (C=O) groups is 2. The minimum Gasteiger partial charge on any atom is -0.490 e. The number of carboxylic acids is 2. The van der Waals surface area contributed by atoms with E-state index in [1.807, 2.05) is 59.3 Å². The average Bonchev–Trinajstić information content (AvgIpc) is 3.72. The largest absolute Gasteiger partial charge is 0.490 e. The summed E-state index contributed by atoms with van der Waals surface area (Å²) in [4.78, 5) is 30.3. The zero-order valence-corrected chi connectivity index (χ0v) is 24.1. The molecule has 5 heterocycles. The van der Waals surface area contributed by atoms with Crippen LogP contribution in [0.3, 0.4) is 0 Å². The van der Waals surface area contributed by atoms with Gasteiger partial charge in [0.1, 0.15) is 36.8 Å². The van der Waals surface area contributed by atoms with Crippen molar-refractivity contribution in [2.24, 2.45) is 11.5 Å². The highest BCUT2D eigenvalue weighted by Gasteiger charge is 2.22. The highest BCUT2D eigenvalue weighted by Crippen LogP contribution is 2.51. The SMILES string of the molecule is N[C@H](COc1cc(-c2cccs2)sc1-c1ccc(-c2sc(-c3cccs3)cc2OC[C@H](N)C(=O)O)s1)C(=O)O. The molecule has 2 atom stereocenters. The Balaban J connectivity index is 1.49. The summed E-state index contributed by atoms with van der Waals surface area (Å²) in [7, 11) is 0. The monoisotopic (exact) mass is 618 g/mol. The normalized spacial score (nSPS) is 12.8. The zero-order valence-electron chi connectivity index (χ0n) is 20.1. The van der Waals surface area contributed by atoms with Gasteiger partial charge in [0, 0.05) is 41.4 Å². The third kappa shape index (κ3) is 6.25. The van der Waals surface area contributed by atoms with Crippen LogP contribution < -0.4 is 20.9 Å². The number of hydrogen-bond acceptors (Lipinski definition) is 11. The van der Waals surface area contributed by atoms with Crippen molar-refractivity contribution in [3.63, 3.8) is 0 Å². The van der Waals surface area contributed by atoms with E-state index in [1.54, 1.807) is 56.7 Å². The summed E-state index contributed by atoms with van der Waals surface area (Å²) < 4.78 is 11.8. The number of hydrogen-bond donors (Lipinski definition) is 4. The molecule has 39 heavy (non-hydrogen) atoms. The van der Waals surface area contributed by atoms with Crippen molar-refractivity contribution in [2.75, 3.05) is 13.2 Å². The maximum Gasteiger partial charge on any atom is 0.324 e. The van der Waals surface area contributed by atoms with Crippen LogP contribution in [0.5, 0.6) is 11.5 Å². The van der Waals surface area contributed by atoms with E-state index in [-0.39, 0.29) is 13.2 Å². The third-order valence-electron chi connectivity index (χ3n) is 5.45. The molecule has 0 bridgehead atoms. The van der Waals surface area contributed by atoms with Gasteiger partial charge in [0.05, 0.1) is 9.75 Å². The van der Waals surface area contributed by atoms with E-state index in [0.29, 0.717) is 11.5 Å². The summed E-state index contributed by atoms with van der Waals surface area (Å²) in [5.74, 6) is -1.11. The summed E-state index contributed by atoms with van der Waals surface area (Å²) >= 11 is 7.89. The standard InChI is InChI=1S/C26H22N2O6S5/c27-13(25(29)30)11-33-15-9-21(17-3-1-7-35-17)38-23(15)19-5-6-20(37-19)24-16(34-12-14(28)26(31)32)10-22(39-24)18-4-2-8-36-18/h1-10,13-14H,11-12,27-28H2,(H,29,30)(H,31,32)/t13-,14+. The first-order valence-corrected chi connectivity index (χ1v) is 15.7. The van der Waals surface area contributed by atoms with Crippen LogP contribution in [0.15, 0.2) is 59.3 Å². The quantitative estimate of drug-likeness (QED) is 0.129. The lowest BCUT2D eigenvalue weighted by atomic mass is 10.3. The molecule has 0 saturated heterocycles. The molecule has 0 fully saturated rings. The van der Waals surface area contributed by atoms with E-state index in [1.165, 1.54) is 0 Å². The van der Waals surface area contributed by atoms with Gasteiger partial charge in [0.25, 0.3) is 0 Å². The van der Waals surface area contributed by atoms with Gasteiger partial charge in [-0.2, -0.15) is 0 Å². The fourth-order valence-electron chi connectivity index (χ4n) is 3.47. The predicted molar refractivity (Wildman–Crippen MR) is 160 cm³/mol. The Kier molecular flexibility index (Phi) is 8.47. The number of nitrogens with two attached hydrogens (primary N) is 2. The van der Waals surface area contributed by atoms with Gasteiger partial charge in [-0.25, -0.2) is 0 Å². The van der Waals surface area contributed by atoms with Crippen LogP contribution in [0.2, 0.25) is 0 Å². The highest BCUT2D eigenvalue weighted by atomic mass is 32.1. The van der Waals surface area contributed by atoms with Gasteiger partial charge in [-0.05, 0) is 35.0 Å². The zero-order chi connectivity index (χ0) is 27.5. The third-order valence-corrected chi connectivity index (χ3v) is 11.3. The molecule has 0 spiro atoms. The second kappa shape index (κ2) is 12.0. The minimum absolute atomic E-state index is 0.155. The second-order valence-corrected chi connectivity index (χ2v) is 13.3. The smallest absolute Gasteiger partial charge is 0.324 e. The van der Waals surface area contributed by atoms with E-state index in [0.717, 1.165) is 39.0 Å². The van der Waals surface area contributed by atoms with Gasteiger partial charge in [-0.1, -0.05) is 12.1 Å². The Morgan fingerprint density at radius 2 is 1.10 bits per heavy atom. The van der Waals surface area contributed by atoms with Crippen LogP contribution in [0.1, 0.15) is 0 Å². The topological polar surface area (TPSA) is 145 Å². The molecule has 6 N–H and O–H groups in total. The summed E-state index contributed by atoms with van der Waals surface area (Å²) in [6, 6.07) is 13.5. The van der Waals surface area contributed by atoms with Gasteiger partial charge < -0.3 is 31.2 Å². The minimum atomic E-state index is -1.14. The van der Waals surface area contributed by atoms with Crippen LogP contribution in [0.4, 0.5) is 0 Å². The van der Waals surface area contributed by atoms with Crippen molar-refractivity contribution in [1.82, 2.24) is 0 Å². The van der Waals surface area contributed by atoms with Gasteiger partial charge in [-0.3, -0.25) is 9.59 Å². The summed E-state index contributed by atoms with van der Waals surface area (Å²) in [6.45, 7) is -0.309. The molecular weight excluding hydrogens is 597 g/mol. The first kappa shape index (κ1) is 27.5. The summed E-state index contributed by atoms with van der Waals surface area (Å²) in [6.07, 6.45) is 0. The highest BCUT2D eigenvalue weighted by molar-refractivity contribution is 7.29. The molecule has 0 saturated carbocycles. The van der Waals surface area contributed by atoms with Crippen molar-refractivity contribution in [3.05, 3.63) is 59.3 Å². The first-order chi connectivity index (χ1) is 18.8. The number of carboxylic acid groups (broad SMARTS) is 2. The maximum atomic E-state index is 11.2. The van der Waals surface area contributed by atoms with Crippen molar-refractivity contribution >= 4 is 68.6 Å². The molecule has 5 aromatic rings. The lowest BCUT2D eigenvalue weighted by Crippen LogP contribution is -2.36. The summed E-state index contributed by atoms with van der Waals surface area (Å²) in [5.41, 5.74) is 11.4. The van der Waals surface area contributed by atoms with Crippen LogP contribution in [0.25, 0.3) is 39.0 Å². The van der Waals surface area contributed by atoms with Crippen molar-refractivity contribution < 1.29 is 29.3 Å². The fourth-order valence-corrected chi connectivity index (χ4v) is 8.56. The molecule has 0 aromatic carbocycles. The predicted octanol–water partition coefficient (Wildman–Crippen LogP) is 6.24. The van der Waals surface area contributed by atoms with Crippen LogP contribution in [0, 0.1) is 0 Å². The van der Waals surface area contributed by atoms with Gasteiger partial charge in [-0.15, -0.1) is 56.7 Å².